The number of carboxylic acid groups (broad SMARTS) is 1. The van der Waals surface area contributed by atoms with Crippen molar-refractivity contribution in [3.63, 3.8) is 0 Å². The molecule has 0 aliphatic carbocycles. The van der Waals surface area contributed by atoms with Gasteiger partial charge in [0.2, 0.25) is 23.6 Å². The molecular formula is C17H32N6O6S. The Kier molecular flexibility index (Phi) is 14.2. The largest absolute Gasteiger partial charge is 0.480 e. The molecule has 12 nitrogen and oxygen atoms in total. The Morgan fingerprint density at radius 2 is 1.67 bits per heavy atom. The molecule has 0 saturated heterocycles. The van der Waals surface area contributed by atoms with Crippen LogP contribution < -0.4 is 33.2 Å². The molecule has 172 valence electrons. The van der Waals surface area contributed by atoms with Crippen molar-refractivity contribution in [2.75, 3.05) is 25.1 Å². The van der Waals surface area contributed by atoms with Crippen molar-refractivity contribution in [2.24, 2.45) is 17.2 Å². The minimum absolute atomic E-state index is 0.236. The van der Waals surface area contributed by atoms with Crippen LogP contribution in [0, 0.1) is 0 Å². The van der Waals surface area contributed by atoms with Crippen molar-refractivity contribution in [1.82, 2.24) is 16.0 Å². The molecule has 3 unspecified atom stereocenters. The van der Waals surface area contributed by atoms with Gasteiger partial charge in [-0.3, -0.25) is 19.2 Å². The highest BCUT2D eigenvalue weighted by atomic mass is 32.2. The second-order valence-corrected chi connectivity index (χ2v) is 7.57. The van der Waals surface area contributed by atoms with Gasteiger partial charge < -0.3 is 38.3 Å². The number of nitrogens with one attached hydrogen (secondary N) is 3. The number of unbranched alkanes of at least 4 members (excludes halogenated alkanes) is 1. The fourth-order valence-corrected chi connectivity index (χ4v) is 2.85. The average Bonchev–Trinajstić information content (AvgIpc) is 2.67. The van der Waals surface area contributed by atoms with Gasteiger partial charge in [0.25, 0.3) is 0 Å². The van der Waals surface area contributed by atoms with E-state index in [2.05, 4.69) is 16.0 Å². The lowest BCUT2D eigenvalue weighted by Crippen LogP contribution is -2.54. The van der Waals surface area contributed by atoms with Gasteiger partial charge >= 0.3 is 5.97 Å². The van der Waals surface area contributed by atoms with Crippen molar-refractivity contribution < 1.29 is 29.1 Å². The van der Waals surface area contributed by atoms with Crippen molar-refractivity contribution >= 4 is 41.4 Å². The molecule has 3 atom stereocenters. The van der Waals surface area contributed by atoms with E-state index in [1.807, 2.05) is 6.26 Å². The highest BCUT2D eigenvalue weighted by Crippen LogP contribution is 2.05. The Morgan fingerprint density at radius 3 is 2.20 bits per heavy atom. The lowest BCUT2D eigenvalue weighted by atomic mass is 10.1. The summed E-state index contributed by atoms with van der Waals surface area (Å²) in [6.45, 7) is -0.0671. The number of thioether (sulfide) groups is 1. The van der Waals surface area contributed by atoms with Gasteiger partial charge in [0.15, 0.2) is 0 Å². The Labute approximate surface area is 179 Å². The fraction of sp³-hybridized carbons (Fsp3) is 0.706. The molecule has 0 heterocycles. The zero-order chi connectivity index (χ0) is 23.1. The number of aliphatic carboxylic acids is 1. The van der Waals surface area contributed by atoms with Gasteiger partial charge in [-0.2, -0.15) is 11.8 Å². The van der Waals surface area contributed by atoms with Gasteiger partial charge in [-0.05, 0) is 44.2 Å². The van der Waals surface area contributed by atoms with Crippen molar-refractivity contribution in [1.29, 1.82) is 0 Å². The first kappa shape index (κ1) is 27.6. The van der Waals surface area contributed by atoms with Crippen LogP contribution in [0.2, 0.25) is 0 Å². The average molecular weight is 449 g/mol. The number of carboxylic acids is 1. The standard InChI is InChI=1S/C17H32N6O6S/c1-30-7-5-12(17(28)29)23-16(27)11(4-2-3-6-18)22-14(25)9-21-15(26)10(19)8-13(20)24/h10-12H,2-9,18-19H2,1H3,(H2,20,24)(H,21,26)(H,22,25)(H,23,27)(H,28,29). The summed E-state index contributed by atoms with van der Waals surface area (Å²) in [4.78, 5) is 58.6. The van der Waals surface area contributed by atoms with Crippen LogP contribution >= 0.6 is 11.8 Å². The first-order valence-corrected chi connectivity index (χ1v) is 10.8. The Hall–Kier alpha value is -2.38. The molecule has 10 N–H and O–H groups in total. The van der Waals surface area contributed by atoms with Gasteiger partial charge in [-0.1, -0.05) is 0 Å². The Balaban J connectivity index is 4.87. The molecule has 0 aliphatic rings. The normalized spacial score (nSPS) is 13.6. The number of carbonyl (C=O) groups is 5. The molecule has 0 bridgehead atoms. The molecule has 0 aliphatic heterocycles. The summed E-state index contributed by atoms with van der Waals surface area (Å²) >= 11 is 1.45. The van der Waals surface area contributed by atoms with Gasteiger partial charge in [0.05, 0.1) is 19.0 Å². The van der Waals surface area contributed by atoms with Crippen LogP contribution in [0.4, 0.5) is 0 Å². The monoisotopic (exact) mass is 448 g/mol. The van der Waals surface area contributed by atoms with Crippen molar-refractivity contribution in [2.45, 2.75) is 50.2 Å². The molecular weight excluding hydrogens is 416 g/mol. The van der Waals surface area contributed by atoms with E-state index in [1.165, 1.54) is 11.8 Å². The van der Waals surface area contributed by atoms with Crippen molar-refractivity contribution in [3.8, 4) is 0 Å². The van der Waals surface area contributed by atoms with E-state index in [9.17, 15) is 29.1 Å². The van der Waals surface area contributed by atoms with E-state index in [0.717, 1.165) is 0 Å². The van der Waals surface area contributed by atoms with E-state index in [-0.39, 0.29) is 19.3 Å². The third kappa shape index (κ3) is 12.2. The fourth-order valence-electron chi connectivity index (χ4n) is 2.38. The zero-order valence-corrected chi connectivity index (χ0v) is 17.8. The van der Waals surface area contributed by atoms with E-state index in [1.54, 1.807) is 0 Å². The van der Waals surface area contributed by atoms with Gasteiger partial charge in [-0.15, -0.1) is 0 Å². The number of hydrogen-bond acceptors (Lipinski definition) is 8. The lowest BCUT2D eigenvalue weighted by Gasteiger charge is -2.21. The van der Waals surface area contributed by atoms with E-state index in [4.69, 9.17) is 17.2 Å². The maximum Gasteiger partial charge on any atom is 0.326 e. The lowest BCUT2D eigenvalue weighted by molar-refractivity contribution is -0.142. The van der Waals surface area contributed by atoms with Crippen LogP contribution in [0.5, 0.6) is 0 Å². The molecule has 4 amide bonds. The van der Waals surface area contributed by atoms with Crippen LogP contribution in [-0.2, 0) is 24.0 Å². The summed E-state index contributed by atoms with van der Waals surface area (Å²) in [7, 11) is 0. The first-order valence-electron chi connectivity index (χ1n) is 9.45. The maximum absolute atomic E-state index is 12.5. The highest BCUT2D eigenvalue weighted by molar-refractivity contribution is 7.98. The third-order valence-electron chi connectivity index (χ3n) is 4.00. The summed E-state index contributed by atoms with van der Waals surface area (Å²) in [5.74, 6) is -3.42. The SMILES string of the molecule is CSCCC(NC(=O)C(CCCCN)NC(=O)CNC(=O)C(N)CC(N)=O)C(=O)O. The van der Waals surface area contributed by atoms with Gasteiger partial charge in [0.1, 0.15) is 12.1 Å². The summed E-state index contributed by atoms with van der Waals surface area (Å²) in [6, 6.07) is -3.26. The van der Waals surface area contributed by atoms with Gasteiger partial charge in [0, 0.05) is 0 Å². The number of hydrogen-bond donors (Lipinski definition) is 7. The minimum Gasteiger partial charge on any atom is -0.480 e. The summed E-state index contributed by atoms with van der Waals surface area (Å²) in [5.41, 5.74) is 15.9. The molecule has 0 aromatic rings. The predicted octanol–water partition coefficient (Wildman–Crippen LogP) is -2.76. The second-order valence-electron chi connectivity index (χ2n) is 6.58. The second kappa shape index (κ2) is 15.5. The number of carbonyl (C=O) groups excluding carboxylic acids is 4. The molecule has 0 rings (SSSR count). The van der Waals surface area contributed by atoms with Crippen LogP contribution in [0.25, 0.3) is 0 Å². The third-order valence-corrected chi connectivity index (χ3v) is 4.65. The highest BCUT2D eigenvalue weighted by Gasteiger charge is 2.26. The molecule has 13 heteroatoms. The number of rotatable bonds is 16. The summed E-state index contributed by atoms with van der Waals surface area (Å²) in [6.07, 6.45) is 3.09. The molecule has 0 radical (unpaired) electrons. The topological polar surface area (TPSA) is 220 Å². The summed E-state index contributed by atoms with van der Waals surface area (Å²) in [5, 5.41) is 16.4. The predicted molar refractivity (Wildman–Crippen MR) is 112 cm³/mol. The summed E-state index contributed by atoms with van der Waals surface area (Å²) < 4.78 is 0. The van der Waals surface area contributed by atoms with E-state index in [0.29, 0.717) is 25.1 Å². The maximum atomic E-state index is 12.5. The Bertz CT molecular complexity index is 605. The van der Waals surface area contributed by atoms with E-state index >= 15 is 0 Å². The van der Waals surface area contributed by atoms with Gasteiger partial charge in [-0.25, -0.2) is 4.79 Å². The smallest absolute Gasteiger partial charge is 0.326 e. The molecule has 0 aromatic carbocycles. The molecule has 0 fully saturated rings. The first-order chi connectivity index (χ1) is 14.1. The van der Waals surface area contributed by atoms with Crippen LogP contribution in [0.1, 0.15) is 32.1 Å². The number of nitrogens with two attached hydrogens (primary N) is 3. The molecule has 30 heavy (non-hydrogen) atoms. The quantitative estimate of drug-likeness (QED) is 0.121. The van der Waals surface area contributed by atoms with E-state index < -0.39 is 54.3 Å². The molecule has 0 spiro atoms. The van der Waals surface area contributed by atoms with Crippen LogP contribution in [0.15, 0.2) is 0 Å². The molecule has 0 saturated carbocycles. The zero-order valence-electron chi connectivity index (χ0n) is 17.0. The number of primary amides is 1. The minimum atomic E-state index is -1.19. The van der Waals surface area contributed by atoms with Crippen LogP contribution in [0.3, 0.4) is 0 Å². The van der Waals surface area contributed by atoms with Crippen molar-refractivity contribution in [3.05, 3.63) is 0 Å². The Morgan fingerprint density at radius 1 is 1.00 bits per heavy atom. The van der Waals surface area contributed by atoms with Crippen LogP contribution in [-0.4, -0.2) is 77.9 Å². The number of amides is 4. The molecule has 0 aromatic heterocycles.